The molecule has 0 N–H and O–H groups in total. The van der Waals surface area contributed by atoms with Gasteiger partial charge >= 0.3 is 0 Å². The number of hydrogen-bond donors (Lipinski definition) is 0. The molecular weight excluding hydrogens is 328 g/mol. The summed E-state index contributed by atoms with van der Waals surface area (Å²) < 4.78 is 6.21. The first-order chi connectivity index (χ1) is 9.26. The normalized spacial score (nSPS) is 10.3. The lowest BCUT2D eigenvalue weighted by atomic mass is 10.2. The number of hydrogen-bond acceptors (Lipinski definition) is 6. The van der Waals surface area contributed by atoms with Crippen LogP contribution in [0.15, 0.2) is 38.8 Å². The minimum atomic E-state index is 0.316. The Morgan fingerprint density at radius 2 is 2.21 bits per heavy atom. The van der Waals surface area contributed by atoms with E-state index in [4.69, 9.17) is 9.78 Å². The number of pyridine rings is 1. The van der Waals surface area contributed by atoms with Crippen molar-refractivity contribution in [1.29, 1.82) is 5.26 Å². The van der Waals surface area contributed by atoms with Gasteiger partial charge in [0.05, 0.1) is 8.66 Å². The molecule has 0 spiro atoms. The summed E-state index contributed by atoms with van der Waals surface area (Å²) in [6, 6.07) is 9.15. The topological polar surface area (TPSA) is 75.6 Å². The average molecular weight is 333 g/mol. The van der Waals surface area contributed by atoms with E-state index in [9.17, 15) is 0 Å². The van der Waals surface area contributed by atoms with Gasteiger partial charge in [0.2, 0.25) is 5.82 Å². The molecule has 0 atom stereocenters. The molecule has 0 unspecified atom stereocenters. The molecule has 3 heterocycles. The quantitative estimate of drug-likeness (QED) is 0.717. The van der Waals surface area contributed by atoms with Crippen LogP contribution in [0.5, 0.6) is 0 Å². The third-order valence-corrected chi connectivity index (χ3v) is 3.96. The lowest BCUT2D eigenvalue weighted by Gasteiger charge is -1.92. The Morgan fingerprint density at radius 3 is 2.95 bits per heavy atom. The minimum Gasteiger partial charge on any atom is -0.334 e. The molecule has 3 aromatic rings. The molecular formula is C12H5BrN4OS. The number of nitriles is 1. The van der Waals surface area contributed by atoms with E-state index in [1.54, 1.807) is 18.3 Å². The number of halogens is 1. The molecule has 5 nitrogen and oxygen atoms in total. The van der Waals surface area contributed by atoms with Gasteiger partial charge in [0.1, 0.15) is 11.8 Å². The molecule has 0 saturated heterocycles. The summed E-state index contributed by atoms with van der Waals surface area (Å²) in [4.78, 5) is 9.12. The first-order valence-corrected chi connectivity index (χ1v) is 6.83. The van der Waals surface area contributed by atoms with Crippen LogP contribution in [0.4, 0.5) is 0 Å². The van der Waals surface area contributed by atoms with E-state index in [1.807, 2.05) is 18.2 Å². The smallest absolute Gasteiger partial charge is 0.258 e. The third-order valence-electron chi connectivity index (χ3n) is 2.34. The monoisotopic (exact) mass is 332 g/mol. The van der Waals surface area contributed by atoms with Crippen molar-refractivity contribution in [3.05, 3.63) is 39.9 Å². The van der Waals surface area contributed by atoms with Crippen LogP contribution < -0.4 is 0 Å². The molecule has 0 aromatic carbocycles. The van der Waals surface area contributed by atoms with Gasteiger partial charge in [-0.3, -0.25) is 0 Å². The van der Waals surface area contributed by atoms with Gasteiger partial charge in [-0.15, -0.1) is 11.3 Å². The van der Waals surface area contributed by atoms with E-state index in [-0.39, 0.29) is 0 Å². The van der Waals surface area contributed by atoms with Crippen molar-refractivity contribution in [3.63, 3.8) is 0 Å². The van der Waals surface area contributed by atoms with Crippen LogP contribution in [-0.4, -0.2) is 15.1 Å². The Kier molecular flexibility index (Phi) is 3.11. The molecule has 92 valence electrons. The summed E-state index contributed by atoms with van der Waals surface area (Å²) in [6.07, 6.45) is 1.54. The van der Waals surface area contributed by atoms with Crippen LogP contribution in [0.1, 0.15) is 5.69 Å². The molecule has 0 radical (unpaired) electrons. The van der Waals surface area contributed by atoms with Crippen LogP contribution in [0.2, 0.25) is 0 Å². The standard InChI is InChI=1S/C12H5BrN4OS/c13-10-2-1-9(19-10)11-16-12(18-17-11)7-3-4-15-8(5-7)6-14/h1-5H. The number of rotatable bonds is 2. The molecule has 0 aliphatic carbocycles. The first kappa shape index (κ1) is 12.0. The fourth-order valence-corrected chi connectivity index (χ4v) is 2.81. The average Bonchev–Trinajstić information content (AvgIpc) is 3.07. The highest BCUT2D eigenvalue weighted by molar-refractivity contribution is 9.11. The highest BCUT2D eigenvalue weighted by Gasteiger charge is 2.12. The van der Waals surface area contributed by atoms with Gasteiger partial charge < -0.3 is 4.52 Å². The SMILES string of the molecule is N#Cc1cc(-c2nc(-c3ccc(Br)s3)no2)ccn1. The minimum absolute atomic E-state index is 0.316. The molecule has 0 bridgehead atoms. The van der Waals surface area contributed by atoms with E-state index in [1.165, 1.54) is 11.3 Å². The van der Waals surface area contributed by atoms with E-state index in [0.29, 0.717) is 23.0 Å². The molecule has 0 amide bonds. The van der Waals surface area contributed by atoms with E-state index in [2.05, 4.69) is 31.1 Å². The van der Waals surface area contributed by atoms with E-state index < -0.39 is 0 Å². The second kappa shape index (κ2) is 4.91. The largest absolute Gasteiger partial charge is 0.334 e. The molecule has 3 aromatic heterocycles. The zero-order valence-electron chi connectivity index (χ0n) is 9.37. The summed E-state index contributed by atoms with van der Waals surface area (Å²) in [7, 11) is 0. The highest BCUT2D eigenvalue weighted by atomic mass is 79.9. The van der Waals surface area contributed by atoms with Crippen molar-refractivity contribution in [3.8, 4) is 28.2 Å². The van der Waals surface area contributed by atoms with Gasteiger partial charge in [0, 0.05) is 11.8 Å². The van der Waals surface area contributed by atoms with Crippen molar-refractivity contribution in [2.75, 3.05) is 0 Å². The van der Waals surface area contributed by atoms with Gasteiger partial charge in [0.15, 0.2) is 0 Å². The Hall–Kier alpha value is -2.04. The van der Waals surface area contributed by atoms with E-state index in [0.717, 1.165) is 8.66 Å². The van der Waals surface area contributed by atoms with Crippen LogP contribution >= 0.6 is 27.3 Å². The maximum Gasteiger partial charge on any atom is 0.258 e. The summed E-state index contributed by atoms with van der Waals surface area (Å²) in [5, 5.41) is 12.7. The van der Waals surface area contributed by atoms with Crippen molar-refractivity contribution >= 4 is 27.3 Å². The first-order valence-electron chi connectivity index (χ1n) is 5.22. The Labute approximate surface area is 120 Å². The van der Waals surface area contributed by atoms with Crippen molar-refractivity contribution in [2.45, 2.75) is 0 Å². The summed E-state index contributed by atoms with van der Waals surface area (Å²) in [5.41, 5.74) is 0.997. The Balaban J connectivity index is 1.99. The van der Waals surface area contributed by atoms with Crippen molar-refractivity contribution < 1.29 is 4.52 Å². The van der Waals surface area contributed by atoms with Crippen LogP contribution in [0.25, 0.3) is 22.2 Å². The molecule has 7 heteroatoms. The van der Waals surface area contributed by atoms with Crippen LogP contribution in [0.3, 0.4) is 0 Å². The molecule has 3 rings (SSSR count). The van der Waals surface area contributed by atoms with E-state index >= 15 is 0 Å². The summed E-state index contributed by atoms with van der Waals surface area (Å²) in [5.74, 6) is 0.902. The van der Waals surface area contributed by atoms with Gasteiger partial charge in [-0.05, 0) is 40.2 Å². The van der Waals surface area contributed by atoms with Crippen molar-refractivity contribution in [2.24, 2.45) is 0 Å². The molecule has 0 aliphatic rings. The predicted molar refractivity (Wildman–Crippen MR) is 73.3 cm³/mol. The van der Waals surface area contributed by atoms with Gasteiger partial charge in [0.25, 0.3) is 5.89 Å². The molecule has 0 fully saturated rings. The lowest BCUT2D eigenvalue weighted by Crippen LogP contribution is -1.84. The second-order valence-corrected chi connectivity index (χ2v) is 6.03. The maximum atomic E-state index is 8.81. The highest BCUT2D eigenvalue weighted by Crippen LogP contribution is 2.30. The molecule has 0 saturated carbocycles. The molecule has 0 aliphatic heterocycles. The van der Waals surface area contributed by atoms with Crippen LogP contribution in [-0.2, 0) is 0 Å². The van der Waals surface area contributed by atoms with Crippen molar-refractivity contribution in [1.82, 2.24) is 15.1 Å². The van der Waals surface area contributed by atoms with Gasteiger partial charge in [-0.25, -0.2) is 4.98 Å². The van der Waals surface area contributed by atoms with Gasteiger partial charge in [-0.1, -0.05) is 5.16 Å². The summed E-state index contributed by atoms with van der Waals surface area (Å²) >= 11 is 4.91. The zero-order valence-corrected chi connectivity index (χ0v) is 11.8. The van der Waals surface area contributed by atoms with Gasteiger partial charge in [-0.2, -0.15) is 10.2 Å². The Bertz CT molecular complexity index is 774. The van der Waals surface area contributed by atoms with Crippen LogP contribution in [0, 0.1) is 11.3 Å². The number of nitrogens with zero attached hydrogens (tertiary/aromatic N) is 4. The predicted octanol–water partition coefficient (Wildman–Crippen LogP) is 3.49. The Morgan fingerprint density at radius 1 is 1.32 bits per heavy atom. The molecule has 19 heavy (non-hydrogen) atoms. The number of thiophene rings is 1. The summed E-state index contributed by atoms with van der Waals surface area (Å²) in [6.45, 7) is 0. The number of aromatic nitrogens is 3. The maximum absolute atomic E-state index is 8.81. The second-order valence-electron chi connectivity index (χ2n) is 3.57. The lowest BCUT2D eigenvalue weighted by molar-refractivity contribution is 0.432. The fraction of sp³-hybridized carbons (Fsp3) is 0. The third kappa shape index (κ3) is 2.41. The zero-order chi connectivity index (χ0) is 13.2. The fourth-order valence-electron chi connectivity index (χ4n) is 1.50.